The molecule has 0 N–H and O–H groups in total. The third kappa shape index (κ3) is 2.42. The van der Waals surface area contributed by atoms with Gasteiger partial charge in [0, 0.05) is 0 Å². The van der Waals surface area contributed by atoms with E-state index in [0.29, 0.717) is 6.29 Å². The van der Waals surface area contributed by atoms with Crippen LogP contribution in [0.25, 0.3) is 0 Å². The highest BCUT2D eigenvalue weighted by atomic mass is 16.5. The van der Waals surface area contributed by atoms with Crippen molar-refractivity contribution >= 4 is 12.3 Å². The van der Waals surface area contributed by atoms with E-state index in [1.807, 2.05) is 6.07 Å². The Kier molecular flexibility index (Phi) is 4.23. The maximum Gasteiger partial charge on any atom is 0.339 e. The number of hydrogen-bond acceptors (Lipinski definition) is 5. The van der Waals surface area contributed by atoms with Gasteiger partial charge in [0.15, 0.2) is 6.29 Å². The number of nitrogens with zero attached hydrogens (tertiary/aromatic N) is 1. The minimum atomic E-state index is -0.630. The molecule has 0 aromatic heterocycles. The summed E-state index contributed by atoms with van der Waals surface area (Å²) in [6.45, 7) is 1.86. The molecule has 0 heterocycles. The average molecular weight is 233 g/mol. The molecule has 0 aliphatic rings. The molecule has 0 amide bonds. The number of carbonyl (C=O) groups excluding carboxylic acids is 2. The number of benzene rings is 1. The largest absolute Gasteiger partial charge is 0.496 e. The number of nitriles is 1. The van der Waals surface area contributed by atoms with Crippen molar-refractivity contribution in [3.8, 4) is 11.8 Å². The standard InChI is InChI=1S/C12H11NO4/c1-3-17-12(15)8-4-5-11(16-2)10(7-14)9(8)6-13/h4-5,7H,3H2,1-2H3. The van der Waals surface area contributed by atoms with Crippen LogP contribution in [0.2, 0.25) is 0 Å². The highest BCUT2D eigenvalue weighted by Crippen LogP contribution is 2.24. The van der Waals surface area contributed by atoms with Crippen LogP contribution in [0.3, 0.4) is 0 Å². The molecule has 0 saturated heterocycles. The van der Waals surface area contributed by atoms with E-state index >= 15 is 0 Å². The van der Waals surface area contributed by atoms with Gasteiger partial charge in [-0.3, -0.25) is 4.79 Å². The lowest BCUT2D eigenvalue weighted by molar-refractivity contribution is 0.0526. The van der Waals surface area contributed by atoms with Crippen molar-refractivity contribution in [2.75, 3.05) is 13.7 Å². The highest BCUT2D eigenvalue weighted by molar-refractivity contribution is 5.97. The van der Waals surface area contributed by atoms with Crippen molar-refractivity contribution in [1.82, 2.24) is 0 Å². The molecule has 1 rings (SSSR count). The molecule has 0 radical (unpaired) electrons. The summed E-state index contributed by atoms with van der Waals surface area (Å²) in [7, 11) is 1.38. The normalized spacial score (nSPS) is 9.24. The lowest BCUT2D eigenvalue weighted by Gasteiger charge is -2.09. The molecule has 1 aromatic carbocycles. The second kappa shape index (κ2) is 5.66. The summed E-state index contributed by atoms with van der Waals surface area (Å²) in [5.74, 6) is -0.376. The van der Waals surface area contributed by atoms with Gasteiger partial charge in [0.2, 0.25) is 0 Å². The molecule has 5 nitrogen and oxygen atoms in total. The average Bonchev–Trinajstić information content (AvgIpc) is 2.36. The smallest absolute Gasteiger partial charge is 0.339 e. The third-order valence-electron chi connectivity index (χ3n) is 2.15. The van der Waals surface area contributed by atoms with Crippen LogP contribution in [0.15, 0.2) is 12.1 Å². The summed E-state index contributed by atoms with van der Waals surface area (Å²) in [6, 6.07) is 4.68. The first-order valence-corrected chi connectivity index (χ1v) is 4.93. The highest BCUT2D eigenvalue weighted by Gasteiger charge is 2.19. The fourth-order valence-corrected chi connectivity index (χ4v) is 1.39. The zero-order chi connectivity index (χ0) is 12.8. The van der Waals surface area contributed by atoms with Gasteiger partial charge in [0.05, 0.1) is 30.4 Å². The topological polar surface area (TPSA) is 76.4 Å². The molecule has 1 aromatic rings. The molecule has 0 fully saturated rings. The Balaban J connectivity index is 3.39. The van der Waals surface area contributed by atoms with Gasteiger partial charge in [-0.05, 0) is 19.1 Å². The maximum atomic E-state index is 11.6. The first-order valence-electron chi connectivity index (χ1n) is 4.93. The van der Waals surface area contributed by atoms with E-state index in [1.165, 1.54) is 19.2 Å². The van der Waals surface area contributed by atoms with Gasteiger partial charge in [-0.1, -0.05) is 0 Å². The number of rotatable bonds is 4. The summed E-state index contributed by atoms with van der Waals surface area (Å²) < 4.78 is 9.74. The lowest BCUT2D eigenvalue weighted by Crippen LogP contribution is -2.09. The summed E-state index contributed by atoms with van der Waals surface area (Å²) in [6.07, 6.45) is 0.486. The van der Waals surface area contributed by atoms with E-state index in [1.54, 1.807) is 6.92 Å². The summed E-state index contributed by atoms with van der Waals surface area (Å²) in [4.78, 5) is 22.5. The molecule has 0 bridgehead atoms. The summed E-state index contributed by atoms with van der Waals surface area (Å²) in [5.41, 5.74) is 0.0932. The van der Waals surface area contributed by atoms with Gasteiger partial charge in [0.25, 0.3) is 0 Å². The van der Waals surface area contributed by atoms with Crippen molar-refractivity contribution < 1.29 is 19.1 Å². The Morgan fingerprint density at radius 1 is 1.53 bits per heavy atom. The van der Waals surface area contributed by atoms with E-state index in [-0.39, 0.29) is 29.0 Å². The van der Waals surface area contributed by atoms with Gasteiger partial charge in [-0.25, -0.2) is 4.79 Å². The molecule has 0 spiro atoms. The van der Waals surface area contributed by atoms with E-state index < -0.39 is 5.97 Å². The summed E-state index contributed by atoms with van der Waals surface area (Å²) in [5, 5.41) is 9.00. The predicted octanol–water partition coefficient (Wildman–Crippen LogP) is 1.56. The number of carbonyl (C=O) groups is 2. The molecule has 0 aliphatic heterocycles. The first-order chi connectivity index (χ1) is 8.19. The number of aldehydes is 1. The van der Waals surface area contributed by atoms with Gasteiger partial charge >= 0.3 is 5.97 Å². The second-order valence-corrected chi connectivity index (χ2v) is 3.05. The molecule has 0 atom stereocenters. The number of methoxy groups -OCH3 is 1. The van der Waals surface area contributed by atoms with Crippen molar-refractivity contribution in [3.63, 3.8) is 0 Å². The Morgan fingerprint density at radius 2 is 2.24 bits per heavy atom. The van der Waals surface area contributed by atoms with Gasteiger partial charge in [0.1, 0.15) is 11.8 Å². The molecule has 0 aliphatic carbocycles. The number of hydrogen-bond donors (Lipinski definition) is 0. The number of ether oxygens (including phenoxy) is 2. The van der Waals surface area contributed by atoms with Crippen LogP contribution in [0.5, 0.6) is 5.75 Å². The van der Waals surface area contributed by atoms with E-state index in [9.17, 15) is 9.59 Å². The van der Waals surface area contributed by atoms with Gasteiger partial charge in [-0.15, -0.1) is 0 Å². The predicted molar refractivity (Wildman–Crippen MR) is 59.1 cm³/mol. The molecule has 88 valence electrons. The minimum Gasteiger partial charge on any atom is -0.496 e. The van der Waals surface area contributed by atoms with Crippen LogP contribution < -0.4 is 4.74 Å². The van der Waals surface area contributed by atoms with Crippen molar-refractivity contribution in [3.05, 3.63) is 28.8 Å². The number of esters is 1. The van der Waals surface area contributed by atoms with Crippen molar-refractivity contribution in [1.29, 1.82) is 5.26 Å². The SMILES string of the molecule is CCOC(=O)c1ccc(OC)c(C=O)c1C#N. The van der Waals surface area contributed by atoms with E-state index in [2.05, 4.69) is 0 Å². The Morgan fingerprint density at radius 3 is 2.71 bits per heavy atom. The Hall–Kier alpha value is -2.35. The first kappa shape index (κ1) is 12.7. The Labute approximate surface area is 98.6 Å². The van der Waals surface area contributed by atoms with Crippen LogP contribution in [-0.4, -0.2) is 26.0 Å². The van der Waals surface area contributed by atoms with Crippen LogP contribution in [-0.2, 0) is 4.74 Å². The van der Waals surface area contributed by atoms with E-state index in [0.717, 1.165) is 0 Å². The zero-order valence-electron chi connectivity index (χ0n) is 9.52. The fourth-order valence-electron chi connectivity index (χ4n) is 1.39. The molecule has 17 heavy (non-hydrogen) atoms. The van der Waals surface area contributed by atoms with Crippen molar-refractivity contribution in [2.24, 2.45) is 0 Å². The van der Waals surface area contributed by atoms with Crippen LogP contribution in [0.1, 0.15) is 33.2 Å². The minimum absolute atomic E-state index is 0.0298. The van der Waals surface area contributed by atoms with Gasteiger partial charge in [-0.2, -0.15) is 5.26 Å². The molecule has 0 unspecified atom stereocenters. The summed E-state index contributed by atoms with van der Waals surface area (Å²) >= 11 is 0. The zero-order valence-corrected chi connectivity index (χ0v) is 9.52. The fraction of sp³-hybridized carbons (Fsp3) is 0.250. The molecule has 5 heteroatoms. The van der Waals surface area contributed by atoms with E-state index in [4.69, 9.17) is 14.7 Å². The second-order valence-electron chi connectivity index (χ2n) is 3.05. The third-order valence-corrected chi connectivity index (χ3v) is 2.15. The molecular formula is C12H11NO4. The van der Waals surface area contributed by atoms with Crippen LogP contribution in [0.4, 0.5) is 0 Å². The molecule has 0 saturated carbocycles. The van der Waals surface area contributed by atoms with Crippen LogP contribution in [0, 0.1) is 11.3 Å². The quantitative estimate of drug-likeness (QED) is 0.582. The lowest BCUT2D eigenvalue weighted by atomic mass is 10.0. The molecular weight excluding hydrogens is 222 g/mol. The Bertz CT molecular complexity index is 488. The van der Waals surface area contributed by atoms with Crippen molar-refractivity contribution in [2.45, 2.75) is 6.92 Å². The van der Waals surface area contributed by atoms with Crippen LogP contribution >= 0.6 is 0 Å². The maximum absolute atomic E-state index is 11.6. The van der Waals surface area contributed by atoms with Gasteiger partial charge < -0.3 is 9.47 Å². The monoisotopic (exact) mass is 233 g/mol.